The highest BCUT2D eigenvalue weighted by Crippen LogP contribution is 2.20. The first kappa shape index (κ1) is 15.3. The van der Waals surface area contributed by atoms with Crippen LogP contribution < -0.4 is 10.2 Å². The Morgan fingerprint density at radius 1 is 1.45 bits per heavy atom. The molecule has 1 saturated heterocycles. The van der Waals surface area contributed by atoms with E-state index in [4.69, 9.17) is 0 Å². The van der Waals surface area contributed by atoms with Gasteiger partial charge in [0.05, 0.1) is 0 Å². The molecule has 1 aromatic heterocycles. The standard InChI is InChI=1S/C16H28N4/c1-5-7-17-14(3)15-6-8-18-16(11-15)20-10-9-19(4)13(2)12-20/h6,8,11,13-14,17H,5,7,9-10,12H2,1-4H3. The Labute approximate surface area is 123 Å². The predicted molar refractivity (Wildman–Crippen MR) is 85.3 cm³/mol. The maximum absolute atomic E-state index is 4.56. The van der Waals surface area contributed by atoms with Crippen LogP contribution in [0, 0.1) is 0 Å². The summed E-state index contributed by atoms with van der Waals surface area (Å²) in [5, 5.41) is 3.54. The number of hydrogen-bond acceptors (Lipinski definition) is 4. The molecule has 2 atom stereocenters. The molecule has 2 heterocycles. The Hall–Kier alpha value is -1.13. The molecule has 0 saturated carbocycles. The van der Waals surface area contributed by atoms with E-state index in [1.807, 2.05) is 6.20 Å². The van der Waals surface area contributed by atoms with Crippen LogP contribution in [-0.2, 0) is 0 Å². The Morgan fingerprint density at radius 2 is 2.25 bits per heavy atom. The number of likely N-dealkylation sites (N-methyl/N-ethyl adjacent to an activating group) is 1. The molecule has 4 nitrogen and oxygen atoms in total. The Kier molecular flexibility index (Phi) is 5.38. The molecule has 0 amide bonds. The van der Waals surface area contributed by atoms with Crippen molar-refractivity contribution in [1.82, 2.24) is 15.2 Å². The van der Waals surface area contributed by atoms with Crippen molar-refractivity contribution in [2.45, 2.75) is 39.3 Å². The molecule has 0 aromatic carbocycles. The first-order valence-corrected chi connectivity index (χ1v) is 7.76. The van der Waals surface area contributed by atoms with E-state index in [0.29, 0.717) is 12.1 Å². The number of aromatic nitrogens is 1. The molecule has 2 unspecified atom stereocenters. The van der Waals surface area contributed by atoms with E-state index in [0.717, 1.165) is 38.4 Å². The van der Waals surface area contributed by atoms with Gasteiger partial charge in [-0.25, -0.2) is 4.98 Å². The van der Waals surface area contributed by atoms with Crippen molar-refractivity contribution in [3.05, 3.63) is 23.9 Å². The second-order valence-corrected chi connectivity index (χ2v) is 5.90. The van der Waals surface area contributed by atoms with Crippen LogP contribution in [0.15, 0.2) is 18.3 Å². The molecule has 1 aromatic rings. The minimum absolute atomic E-state index is 0.390. The summed E-state index contributed by atoms with van der Waals surface area (Å²) in [5.41, 5.74) is 1.33. The number of piperazine rings is 1. The smallest absolute Gasteiger partial charge is 0.128 e. The van der Waals surface area contributed by atoms with E-state index >= 15 is 0 Å². The van der Waals surface area contributed by atoms with Gasteiger partial charge in [-0.05, 0) is 51.6 Å². The molecule has 112 valence electrons. The van der Waals surface area contributed by atoms with E-state index in [2.05, 4.69) is 60.1 Å². The summed E-state index contributed by atoms with van der Waals surface area (Å²) in [6.45, 7) is 11.0. The van der Waals surface area contributed by atoms with Gasteiger partial charge in [0.25, 0.3) is 0 Å². The van der Waals surface area contributed by atoms with Crippen LogP contribution in [0.2, 0.25) is 0 Å². The molecule has 0 spiro atoms. The van der Waals surface area contributed by atoms with Crippen LogP contribution in [0.4, 0.5) is 5.82 Å². The van der Waals surface area contributed by atoms with Gasteiger partial charge in [0.1, 0.15) is 5.82 Å². The predicted octanol–water partition coefficient (Wildman–Crippen LogP) is 2.28. The molecule has 1 fully saturated rings. The molecule has 1 N–H and O–H groups in total. The number of pyridine rings is 1. The summed E-state index contributed by atoms with van der Waals surface area (Å²) in [7, 11) is 2.20. The van der Waals surface area contributed by atoms with Gasteiger partial charge in [-0.2, -0.15) is 0 Å². The van der Waals surface area contributed by atoms with Crippen molar-refractivity contribution < 1.29 is 0 Å². The van der Waals surface area contributed by atoms with E-state index in [1.54, 1.807) is 0 Å². The molecular weight excluding hydrogens is 248 g/mol. The first-order valence-electron chi connectivity index (χ1n) is 7.76. The van der Waals surface area contributed by atoms with Gasteiger partial charge in [0, 0.05) is 37.9 Å². The molecule has 4 heteroatoms. The number of nitrogens with one attached hydrogen (secondary N) is 1. The largest absolute Gasteiger partial charge is 0.354 e. The number of hydrogen-bond donors (Lipinski definition) is 1. The summed E-state index contributed by atoms with van der Waals surface area (Å²) >= 11 is 0. The minimum atomic E-state index is 0.390. The maximum atomic E-state index is 4.56. The third-order valence-electron chi connectivity index (χ3n) is 4.25. The number of nitrogens with zero attached hydrogens (tertiary/aromatic N) is 3. The van der Waals surface area contributed by atoms with Gasteiger partial charge >= 0.3 is 0 Å². The average Bonchev–Trinajstić information content (AvgIpc) is 2.47. The van der Waals surface area contributed by atoms with Crippen LogP contribution in [0.25, 0.3) is 0 Å². The summed E-state index contributed by atoms with van der Waals surface area (Å²) in [4.78, 5) is 9.38. The fraction of sp³-hybridized carbons (Fsp3) is 0.688. The number of anilines is 1. The lowest BCUT2D eigenvalue weighted by atomic mass is 10.1. The number of rotatable bonds is 5. The topological polar surface area (TPSA) is 31.4 Å². The molecule has 1 aliphatic rings. The van der Waals surface area contributed by atoms with Gasteiger partial charge in [-0.1, -0.05) is 6.92 Å². The Bertz CT molecular complexity index is 421. The lowest BCUT2D eigenvalue weighted by Gasteiger charge is -2.38. The minimum Gasteiger partial charge on any atom is -0.354 e. The summed E-state index contributed by atoms with van der Waals surface area (Å²) in [6, 6.07) is 5.34. The van der Waals surface area contributed by atoms with Crippen LogP contribution >= 0.6 is 0 Å². The van der Waals surface area contributed by atoms with Crippen LogP contribution in [0.5, 0.6) is 0 Å². The molecule has 0 bridgehead atoms. The van der Waals surface area contributed by atoms with Gasteiger partial charge in [0.15, 0.2) is 0 Å². The highest BCUT2D eigenvalue weighted by molar-refractivity contribution is 5.42. The highest BCUT2D eigenvalue weighted by Gasteiger charge is 2.21. The normalized spacial score (nSPS) is 22.0. The zero-order valence-corrected chi connectivity index (χ0v) is 13.3. The first-order chi connectivity index (χ1) is 9.61. The van der Waals surface area contributed by atoms with Crippen molar-refractivity contribution in [1.29, 1.82) is 0 Å². The fourth-order valence-corrected chi connectivity index (χ4v) is 2.61. The van der Waals surface area contributed by atoms with Crippen molar-refractivity contribution in [3.63, 3.8) is 0 Å². The Morgan fingerprint density at radius 3 is 2.95 bits per heavy atom. The second kappa shape index (κ2) is 7.04. The molecule has 1 aliphatic heterocycles. The monoisotopic (exact) mass is 276 g/mol. The zero-order valence-electron chi connectivity index (χ0n) is 13.3. The third-order valence-corrected chi connectivity index (χ3v) is 4.25. The van der Waals surface area contributed by atoms with Gasteiger partial charge in [-0.3, -0.25) is 0 Å². The third kappa shape index (κ3) is 3.70. The van der Waals surface area contributed by atoms with Crippen molar-refractivity contribution in [3.8, 4) is 0 Å². The van der Waals surface area contributed by atoms with Crippen molar-refractivity contribution >= 4 is 5.82 Å². The van der Waals surface area contributed by atoms with Gasteiger partial charge in [0.2, 0.25) is 0 Å². The fourth-order valence-electron chi connectivity index (χ4n) is 2.61. The highest BCUT2D eigenvalue weighted by atomic mass is 15.3. The van der Waals surface area contributed by atoms with E-state index in [9.17, 15) is 0 Å². The lowest BCUT2D eigenvalue weighted by molar-refractivity contribution is 0.233. The SMILES string of the molecule is CCCNC(C)c1ccnc(N2CCN(C)C(C)C2)c1. The van der Waals surface area contributed by atoms with Crippen LogP contribution in [0.3, 0.4) is 0 Å². The van der Waals surface area contributed by atoms with Gasteiger partial charge < -0.3 is 15.1 Å². The van der Waals surface area contributed by atoms with Crippen molar-refractivity contribution in [2.75, 3.05) is 38.1 Å². The Balaban J connectivity index is 2.05. The van der Waals surface area contributed by atoms with Crippen LogP contribution in [-0.4, -0.2) is 49.2 Å². The zero-order chi connectivity index (χ0) is 14.5. The quantitative estimate of drug-likeness (QED) is 0.894. The average molecular weight is 276 g/mol. The molecule has 0 radical (unpaired) electrons. The van der Waals surface area contributed by atoms with Crippen LogP contribution in [0.1, 0.15) is 38.8 Å². The molecular formula is C16H28N4. The van der Waals surface area contributed by atoms with Crippen molar-refractivity contribution in [2.24, 2.45) is 0 Å². The van der Waals surface area contributed by atoms with E-state index < -0.39 is 0 Å². The molecule has 2 rings (SSSR count). The van der Waals surface area contributed by atoms with E-state index in [-0.39, 0.29) is 0 Å². The summed E-state index contributed by atoms with van der Waals surface area (Å²) in [6.07, 6.45) is 3.11. The second-order valence-electron chi connectivity index (χ2n) is 5.90. The molecule has 20 heavy (non-hydrogen) atoms. The van der Waals surface area contributed by atoms with E-state index in [1.165, 1.54) is 5.56 Å². The van der Waals surface area contributed by atoms with Gasteiger partial charge in [-0.15, -0.1) is 0 Å². The maximum Gasteiger partial charge on any atom is 0.128 e. The molecule has 0 aliphatic carbocycles. The summed E-state index contributed by atoms with van der Waals surface area (Å²) in [5.74, 6) is 1.12. The summed E-state index contributed by atoms with van der Waals surface area (Å²) < 4.78 is 0. The lowest BCUT2D eigenvalue weighted by Crippen LogP contribution is -2.50.